The fourth-order valence-corrected chi connectivity index (χ4v) is 3.74. The molecular formula is C26H27ClN7ORu. The number of rotatable bonds is 3. The molecule has 187 valence electrons. The second-order valence-corrected chi connectivity index (χ2v) is 7.34. The standard InChI is InChI=1S/C22H21N5O.2C2H3N.ClH.Ru/c1-24-14-26(19-10-6-4-8-17(19)24)21-12-16(28-3)13-22(23-21)27-15-25(2)18-9-5-7-11-20(18)27;2*1-2-3;;/h4-15H,1-3H3;2*1H3;1H;/q-2;;;;+3/p-1. The minimum absolute atomic E-state index is 0.765. The number of para-hydroxylation sites is 4. The van der Waals surface area contributed by atoms with Gasteiger partial charge in [0, 0.05) is 48.7 Å². The molecule has 8 nitrogen and oxygen atoms in total. The second kappa shape index (κ2) is 14.1. The monoisotopic (exact) mass is 590 g/mol. The molecule has 2 aromatic carbocycles. The summed E-state index contributed by atoms with van der Waals surface area (Å²) in [7, 11) is 10.3. The summed E-state index contributed by atoms with van der Waals surface area (Å²) < 4.78 is 5.60. The van der Waals surface area contributed by atoms with Gasteiger partial charge in [0.2, 0.25) is 0 Å². The van der Waals surface area contributed by atoms with Crippen LogP contribution < -0.4 is 24.3 Å². The Hall–Kier alpha value is -3.52. The van der Waals surface area contributed by atoms with Gasteiger partial charge in [0.15, 0.2) is 0 Å². The fourth-order valence-electron chi connectivity index (χ4n) is 3.74. The fraction of sp³-hybridized carbons (Fsp3) is 0.192. The van der Waals surface area contributed by atoms with E-state index in [0.29, 0.717) is 0 Å². The van der Waals surface area contributed by atoms with Gasteiger partial charge in [-0.3, -0.25) is 0 Å². The molecule has 0 spiro atoms. The van der Waals surface area contributed by atoms with E-state index in [-0.39, 0.29) is 0 Å². The number of aromatic nitrogens is 1. The van der Waals surface area contributed by atoms with Crippen molar-refractivity contribution in [1.82, 2.24) is 4.98 Å². The molecule has 3 aromatic rings. The Morgan fingerprint density at radius 2 is 1.11 bits per heavy atom. The topological polar surface area (TPSA) is 82.7 Å². The van der Waals surface area contributed by atoms with Gasteiger partial charge in [-0.05, 0) is 38.4 Å². The number of nitrogens with zero attached hydrogens (tertiary/aromatic N) is 7. The Morgan fingerprint density at radius 3 is 1.44 bits per heavy atom. The number of fused-ring (bicyclic) bond motifs is 2. The first-order chi connectivity index (χ1) is 17.5. The van der Waals surface area contributed by atoms with Crippen LogP contribution in [-0.4, -0.2) is 26.2 Å². The first-order valence-electron chi connectivity index (χ1n) is 10.7. The summed E-state index contributed by atoms with van der Waals surface area (Å²) in [4.78, 5) is 13.3. The zero-order valence-electron chi connectivity index (χ0n) is 20.7. The van der Waals surface area contributed by atoms with Crippen molar-refractivity contribution in [2.24, 2.45) is 0 Å². The van der Waals surface area contributed by atoms with Crippen LogP contribution in [0, 0.1) is 36.0 Å². The summed E-state index contributed by atoms with van der Waals surface area (Å²) in [6, 6.07) is 24.0. The molecule has 5 rings (SSSR count). The SMILES string of the molecule is CC#N.CC#N.COc1cc(N2[CH-]N(C)c3ccccc32)nc(N2[CH-]N(C)c3ccccc32)c1.[Cl][Ru+2]. The molecule has 0 saturated carbocycles. The van der Waals surface area contributed by atoms with E-state index in [9.17, 15) is 0 Å². The minimum atomic E-state index is 0.765. The average molecular weight is 590 g/mol. The average Bonchev–Trinajstić information content (AvgIpc) is 3.43. The predicted octanol–water partition coefficient (Wildman–Crippen LogP) is 6.25. The van der Waals surface area contributed by atoms with Crippen molar-refractivity contribution in [3.63, 3.8) is 0 Å². The quantitative estimate of drug-likeness (QED) is 0.262. The summed E-state index contributed by atoms with van der Waals surface area (Å²) in [6.07, 6.45) is 0. The number of pyridine rings is 1. The van der Waals surface area contributed by atoms with E-state index >= 15 is 0 Å². The van der Waals surface area contributed by atoms with Gasteiger partial charge in [-0.25, -0.2) is 4.98 Å². The van der Waals surface area contributed by atoms with Gasteiger partial charge in [-0.2, -0.15) is 10.5 Å². The Balaban J connectivity index is 0.000000512. The summed E-state index contributed by atoms with van der Waals surface area (Å²) in [5, 5.41) is 14.6. The van der Waals surface area contributed by atoms with Crippen LogP contribution >= 0.6 is 9.69 Å². The van der Waals surface area contributed by atoms with Crippen LogP contribution in [0.5, 0.6) is 5.75 Å². The third-order valence-electron chi connectivity index (χ3n) is 5.12. The van der Waals surface area contributed by atoms with Crippen molar-refractivity contribution >= 4 is 44.1 Å². The summed E-state index contributed by atoms with van der Waals surface area (Å²) in [6.45, 7) is 6.95. The molecule has 0 amide bonds. The summed E-state index contributed by atoms with van der Waals surface area (Å²) in [5.41, 5.74) is 4.48. The van der Waals surface area contributed by atoms with Crippen LogP contribution in [-0.2, 0) is 17.3 Å². The first kappa shape index (κ1) is 28.7. The van der Waals surface area contributed by atoms with Crippen LogP contribution in [0.2, 0.25) is 0 Å². The Morgan fingerprint density at radius 1 is 0.778 bits per heavy atom. The van der Waals surface area contributed by atoms with Crippen LogP contribution in [0.15, 0.2) is 60.7 Å². The number of halogens is 1. The van der Waals surface area contributed by atoms with E-state index in [1.807, 2.05) is 81.1 Å². The van der Waals surface area contributed by atoms with Gasteiger partial charge in [-0.15, -0.1) is 13.3 Å². The van der Waals surface area contributed by atoms with Crippen molar-refractivity contribution in [3.8, 4) is 17.9 Å². The summed E-state index contributed by atoms with van der Waals surface area (Å²) >= 11 is 1.82. The number of hydrogen-bond acceptors (Lipinski definition) is 8. The number of anilines is 6. The van der Waals surface area contributed by atoms with Crippen LogP contribution in [0.25, 0.3) is 0 Å². The van der Waals surface area contributed by atoms with Gasteiger partial charge >= 0.3 is 27.0 Å². The molecule has 10 heteroatoms. The Bertz CT molecular complexity index is 1140. The molecule has 0 bridgehead atoms. The number of benzene rings is 2. The summed E-state index contributed by atoms with van der Waals surface area (Å²) in [5.74, 6) is 2.39. The normalized spacial score (nSPS) is 12.3. The molecule has 0 atom stereocenters. The molecule has 1 aromatic heterocycles. The molecule has 36 heavy (non-hydrogen) atoms. The molecule has 0 unspecified atom stereocenters. The van der Waals surface area contributed by atoms with Crippen molar-refractivity contribution in [2.45, 2.75) is 13.8 Å². The van der Waals surface area contributed by atoms with Gasteiger partial charge < -0.3 is 24.3 Å². The maximum atomic E-state index is 7.32. The zero-order valence-corrected chi connectivity index (χ0v) is 23.2. The number of ether oxygens (including phenoxy) is 1. The molecular weight excluding hydrogens is 563 g/mol. The van der Waals surface area contributed by atoms with Crippen LogP contribution in [0.1, 0.15) is 13.8 Å². The molecule has 0 aliphatic carbocycles. The van der Waals surface area contributed by atoms with Crippen molar-refractivity contribution in [2.75, 3.05) is 40.8 Å². The van der Waals surface area contributed by atoms with Crippen LogP contribution in [0.4, 0.5) is 34.4 Å². The van der Waals surface area contributed by atoms with E-state index in [0.717, 1.165) is 40.1 Å². The zero-order chi connectivity index (χ0) is 26.7. The van der Waals surface area contributed by atoms with Gasteiger partial charge in [0.05, 0.1) is 19.2 Å². The maximum absolute atomic E-state index is 7.32. The van der Waals surface area contributed by atoms with Crippen molar-refractivity contribution in [1.29, 1.82) is 10.5 Å². The van der Waals surface area contributed by atoms with Gasteiger partial charge in [-0.1, -0.05) is 24.3 Å². The van der Waals surface area contributed by atoms with E-state index < -0.39 is 0 Å². The molecule has 3 heterocycles. The van der Waals surface area contributed by atoms with E-state index in [1.165, 1.54) is 13.8 Å². The predicted molar refractivity (Wildman–Crippen MR) is 142 cm³/mol. The Labute approximate surface area is 227 Å². The molecule has 0 N–H and O–H groups in total. The molecule has 0 saturated heterocycles. The van der Waals surface area contributed by atoms with E-state index in [2.05, 4.69) is 53.6 Å². The van der Waals surface area contributed by atoms with Crippen molar-refractivity contribution < 1.29 is 22.0 Å². The third kappa shape index (κ3) is 6.37. The van der Waals surface area contributed by atoms with Gasteiger partial charge in [0.1, 0.15) is 17.4 Å². The molecule has 2 aliphatic heterocycles. The molecule has 0 fully saturated rings. The second-order valence-electron chi connectivity index (χ2n) is 7.34. The number of hydrogen-bond donors (Lipinski definition) is 0. The first-order valence-corrected chi connectivity index (χ1v) is 13.0. The molecule has 2 aliphatic rings. The van der Waals surface area contributed by atoms with E-state index in [4.69, 9.17) is 20.2 Å². The van der Waals surface area contributed by atoms with E-state index in [1.54, 1.807) is 19.2 Å². The van der Waals surface area contributed by atoms with Gasteiger partial charge in [0.25, 0.3) is 0 Å². The molecule has 0 radical (unpaired) electrons. The Kier molecular flexibility index (Phi) is 11.3. The number of methoxy groups -OCH3 is 1. The third-order valence-corrected chi connectivity index (χ3v) is 5.12. The van der Waals surface area contributed by atoms with Crippen LogP contribution in [0.3, 0.4) is 0 Å². The van der Waals surface area contributed by atoms with Crippen molar-refractivity contribution in [3.05, 3.63) is 74.0 Å². The number of nitriles is 2.